The molecule has 1 aliphatic carbocycles. The van der Waals surface area contributed by atoms with Gasteiger partial charge in [0.25, 0.3) is 0 Å². The summed E-state index contributed by atoms with van der Waals surface area (Å²) in [6.45, 7) is 4.10. The Hall–Kier alpha value is -1.02. The molecule has 1 aliphatic heterocycles. The Morgan fingerprint density at radius 1 is 1.55 bits per heavy atom. The number of ether oxygens (including phenoxy) is 2. The molecule has 0 saturated carbocycles. The Morgan fingerprint density at radius 2 is 2.45 bits per heavy atom. The van der Waals surface area contributed by atoms with Gasteiger partial charge in [-0.1, -0.05) is 18.7 Å². The normalized spacial score (nSPS) is 28.2. The molecule has 1 atom stereocenters. The lowest BCUT2D eigenvalue weighted by Gasteiger charge is -2.12. The van der Waals surface area contributed by atoms with Crippen molar-refractivity contribution in [1.29, 1.82) is 0 Å². The van der Waals surface area contributed by atoms with Crippen LogP contribution >= 0.6 is 0 Å². The molecule has 1 fully saturated rings. The molecule has 0 spiro atoms. The van der Waals surface area contributed by atoms with Crippen molar-refractivity contribution in [3.8, 4) is 0 Å². The molecular weight excluding hydrogens is 140 g/mol. The molecule has 0 radical (unpaired) electrons. The molecule has 0 amide bonds. The lowest BCUT2D eigenvalue weighted by molar-refractivity contribution is 0.0503. The summed E-state index contributed by atoms with van der Waals surface area (Å²) < 4.78 is 10.5. The summed E-state index contributed by atoms with van der Waals surface area (Å²) in [4.78, 5) is 0. The molecule has 1 heterocycles. The van der Waals surface area contributed by atoms with Gasteiger partial charge in [0.05, 0.1) is 0 Å². The Balaban J connectivity index is 2.21. The van der Waals surface area contributed by atoms with Crippen LogP contribution in [0.3, 0.4) is 0 Å². The minimum absolute atomic E-state index is 0.146. The Bertz CT molecular complexity index is 238. The van der Waals surface area contributed by atoms with Gasteiger partial charge in [-0.05, 0) is 11.6 Å². The van der Waals surface area contributed by atoms with Gasteiger partial charge in [0, 0.05) is 6.42 Å². The minimum Gasteiger partial charge on any atom is -0.469 e. The van der Waals surface area contributed by atoms with Gasteiger partial charge in [0.1, 0.15) is 11.9 Å². The molecule has 58 valence electrons. The Labute approximate surface area is 65.8 Å². The highest BCUT2D eigenvalue weighted by Crippen LogP contribution is 2.27. The third-order valence-electron chi connectivity index (χ3n) is 1.96. The van der Waals surface area contributed by atoms with Crippen LogP contribution in [0, 0.1) is 0 Å². The second kappa shape index (κ2) is 2.55. The standard InChI is InChI=1S/C9H10O2/c1-2-7-3-4-8-9(5-7)11-6-10-8/h2-4,9H,1,5-6H2. The third-order valence-corrected chi connectivity index (χ3v) is 1.96. The quantitative estimate of drug-likeness (QED) is 0.567. The monoisotopic (exact) mass is 150 g/mol. The van der Waals surface area contributed by atoms with Crippen molar-refractivity contribution in [2.75, 3.05) is 6.79 Å². The van der Waals surface area contributed by atoms with Crippen molar-refractivity contribution in [2.45, 2.75) is 12.5 Å². The van der Waals surface area contributed by atoms with Crippen LogP contribution < -0.4 is 0 Å². The van der Waals surface area contributed by atoms with Crippen LogP contribution in [-0.2, 0) is 9.47 Å². The van der Waals surface area contributed by atoms with Crippen LogP contribution in [0.1, 0.15) is 6.42 Å². The maximum atomic E-state index is 5.31. The molecular formula is C9H10O2. The average molecular weight is 150 g/mol. The first-order chi connectivity index (χ1) is 5.40. The highest BCUT2D eigenvalue weighted by Gasteiger charge is 2.25. The number of hydrogen-bond donors (Lipinski definition) is 0. The average Bonchev–Trinajstić information content (AvgIpc) is 2.50. The van der Waals surface area contributed by atoms with Gasteiger partial charge >= 0.3 is 0 Å². The van der Waals surface area contributed by atoms with Crippen molar-refractivity contribution in [3.05, 3.63) is 36.1 Å². The lowest BCUT2D eigenvalue weighted by Crippen LogP contribution is -2.10. The van der Waals surface area contributed by atoms with Gasteiger partial charge in [-0.25, -0.2) is 0 Å². The zero-order chi connectivity index (χ0) is 7.68. The molecule has 11 heavy (non-hydrogen) atoms. The molecule has 0 aromatic rings. The zero-order valence-corrected chi connectivity index (χ0v) is 6.25. The van der Waals surface area contributed by atoms with E-state index in [1.165, 1.54) is 5.57 Å². The molecule has 2 nitrogen and oxygen atoms in total. The van der Waals surface area contributed by atoms with Crippen LogP contribution in [0.5, 0.6) is 0 Å². The Morgan fingerprint density at radius 3 is 3.27 bits per heavy atom. The summed E-state index contributed by atoms with van der Waals surface area (Å²) in [6, 6.07) is 0. The van der Waals surface area contributed by atoms with Crippen molar-refractivity contribution >= 4 is 0 Å². The summed E-state index contributed by atoms with van der Waals surface area (Å²) in [5.74, 6) is 0.954. The van der Waals surface area contributed by atoms with Crippen molar-refractivity contribution in [3.63, 3.8) is 0 Å². The first-order valence-corrected chi connectivity index (χ1v) is 3.68. The zero-order valence-electron chi connectivity index (χ0n) is 6.25. The van der Waals surface area contributed by atoms with Crippen LogP contribution in [0.15, 0.2) is 36.1 Å². The topological polar surface area (TPSA) is 18.5 Å². The second-order valence-electron chi connectivity index (χ2n) is 2.64. The molecule has 1 unspecified atom stereocenters. The predicted octanol–water partition coefficient (Wildman–Crippen LogP) is 1.76. The van der Waals surface area contributed by atoms with E-state index in [4.69, 9.17) is 9.47 Å². The summed E-state index contributed by atoms with van der Waals surface area (Å²) in [5.41, 5.74) is 1.21. The Kier molecular flexibility index (Phi) is 1.55. The van der Waals surface area contributed by atoms with Crippen molar-refractivity contribution < 1.29 is 9.47 Å². The summed E-state index contributed by atoms with van der Waals surface area (Å²) in [7, 11) is 0. The fourth-order valence-corrected chi connectivity index (χ4v) is 1.30. The van der Waals surface area contributed by atoms with E-state index in [0.717, 1.165) is 12.2 Å². The van der Waals surface area contributed by atoms with E-state index in [2.05, 4.69) is 6.58 Å². The maximum Gasteiger partial charge on any atom is 0.189 e. The van der Waals surface area contributed by atoms with Gasteiger partial charge in [-0.2, -0.15) is 0 Å². The number of fused-ring (bicyclic) bond motifs is 1. The predicted molar refractivity (Wildman–Crippen MR) is 41.8 cm³/mol. The molecule has 0 aromatic heterocycles. The van der Waals surface area contributed by atoms with Crippen molar-refractivity contribution in [1.82, 2.24) is 0 Å². The van der Waals surface area contributed by atoms with Gasteiger partial charge < -0.3 is 9.47 Å². The molecule has 0 bridgehead atoms. The molecule has 0 aromatic carbocycles. The molecule has 0 N–H and O–H groups in total. The largest absolute Gasteiger partial charge is 0.469 e. The molecule has 1 saturated heterocycles. The fraction of sp³-hybridized carbons (Fsp3) is 0.333. The molecule has 2 rings (SSSR count). The van der Waals surface area contributed by atoms with E-state index >= 15 is 0 Å². The van der Waals surface area contributed by atoms with Gasteiger partial charge in [-0.15, -0.1) is 0 Å². The van der Waals surface area contributed by atoms with E-state index in [1.54, 1.807) is 0 Å². The summed E-state index contributed by atoms with van der Waals surface area (Å²) in [6.07, 6.45) is 6.88. The van der Waals surface area contributed by atoms with E-state index in [0.29, 0.717) is 6.79 Å². The van der Waals surface area contributed by atoms with E-state index in [9.17, 15) is 0 Å². The fourth-order valence-electron chi connectivity index (χ4n) is 1.30. The molecule has 2 heteroatoms. The SMILES string of the molecule is C=CC1=CC=C2OCOC2C1. The van der Waals surface area contributed by atoms with E-state index in [1.807, 2.05) is 18.2 Å². The highest BCUT2D eigenvalue weighted by molar-refractivity contribution is 5.31. The van der Waals surface area contributed by atoms with Crippen LogP contribution in [0.4, 0.5) is 0 Å². The van der Waals surface area contributed by atoms with E-state index < -0.39 is 0 Å². The first-order valence-electron chi connectivity index (χ1n) is 3.68. The van der Waals surface area contributed by atoms with Gasteiger partial charge in [-0.3, -0.25) is 0 Å². The summed E-state index contributed by atoms with van der Waals surface area (Å²) in [5, 5.41) is 0. The number of allylic oxidation sites excluding steroid dienone is 3. The first kappa shape index (κ1) is 6.68. The van der Waals surface area contributed by atoms with Crippen LogP contribution in [0.25, 0.3) is 0 Å². The second-order valence-corrected chi connectivity index (χ2v) is 2.64. The number of rotatable bonds is 1. The van der Waals surface area contributed by atoms with Crippen molar-refractivity contribution in [2.24, 2.45) is 0 Å². The smallest absolute Gasteiger partial charge is 0.189 e. The van der Waals surface area contributed by atoms with Crippen LogP contribution in [-0.4, -0.2) is 12.9 Å². The van der Waals surface area contributed by atoms with Gasteiger partial charge in [0.2, 0.25) is 0 Å². The number of hydrogen-bond acceptors (Lipinski definition) is 2. The van der Waals surface area contributed by atoms with Crippen LogP contribution in [0.2, 0.25) is 0 Å². The lowest BCUT2D eigenvalue weighted by atomic mass is 10.0. The van der Waals surface area contributed by atoms with Gasteiger partial charge in [0.15, 0.2) is 6.79 Å². The highest BCUT2D eigenvalue weighted by atomic mass is 16.7. The molecule has 2 aliphatic rings. The summed E-state index contributed by atoms with van der Waals surface area (Å²) >= 11 is 0. The third kappa shape index (κ3) is 1.10. The van der Waals surface area contributed by atoms with E-state index in [-0.39, 0.29) is 6.10 Å². The maximum absolute atomic E-state index is 5.31. The minimum atomic E-state index is 0.146.